The van der Waals surface area contributed by atoms with Gasteiger partial charge in [-0.25, -0.2) is 4.79 Å². The van der Waals surface area contributed by atoms with E-state index in [4.69, 9.17) is 9.47 Å². The third-order valence-corrected chi connectivity index (χ3v) is 4.22. The van der Waals surface area contributed by atoms with E-state index in [0.717, 1.165) is 31.3 Å². The van der Waals surface area contributed by atoms with Crippen LogP contribution in [0.15, 0.2) is 65.3 Å². The molecular weight excluding hydrogens is 352 g/mol. The molecular formula is C24H32O4. The summed E-state index contributed by atoms with van der Waals surface area (Å²) in [6.07, 6.45) is 10.2. The topological polar surface area (TPSA) is 52.6 Å². The molecule has 0 spiro atoms. The van der Waals surface area contributed by atoms with E-state index in [-0.39, 0.29) is 11.9 Å². The van der Waals surface area contributed by atoms with Crippen molar-refractivity contribution < 1.29 is 19.1 Å². The number of carbonyl (C=O) groups is 2. The molecule has 1 rings (SSSR count). The van der Waals surface area contributed by atoms with Gasteiger partial charge in [0.1, 0.15) is 13.2 Å². The molecule has 0 saturated carbocycles. The molecule has 4 nitrogen and oxygen atoms in total. The fourth-order valence-corrected chi connectivity index (χ4v) is 2.49. The summed E-state index contributed by atoms with van der Waals surface area (Å²) in [5.41, 5.74) is 4.20. The molecule has 28 heavy (non-hydrogen) atoms. The Labute approximate surface area is 168 Å². The van der Waals surface area contributed by atoms with Gasteiger partial charge in [-0.3, -0.25) is 4.79 Å². The number of ether oxygens (including phenoxy) is 2. The molecule has 0 N–H and O–H groups in total. The number of hydrogen-bond donors (Lipinski definition) is 0. The zero-order valence-electron chi connectivity index (χ0n) is 17.5. The number of rotatable bonds is 11. The lowest BCUT2D eigenvalue weighted by Gasteiger charge is -2.05. The Morgan fingerprint density at radius 2 is 1.36 bits per heavy atom. The average Bonchev–Trinajstić information content (AvgIpc) is 2.66. The first-order valence-corrected chi connectivity index (χ1v) is 9.71. The first-order chi connectivity index (χ1) is 13.4. The van der Waals surface area contributed by atoms with Crippen LogP contribution in [0.25, 0.3) is 0 Å². The Hall–Kier alpha value is -2.62. The zero-order chi connectivity index (χ0) is 20.8. The van der Waals surface area contributed by atoms with Gasteiger partial charge in [-0.1, -0.05) is 41.5 Å². The number of hydrogen-bond acceptors (Lipinski definition) is 4. The van der Waals surface area contributed by atoms with Gasteiger partial charge in [0.15, 0.2) is 0 Å². The van der Waals surface area contributed by atoms with E-state index < -0.39 is 0 Å². The van der Waals surface area contributed by atoms with Crippen LogP contribution in [0.1, 0.15) is 63.7 Å². The van der Waals surface area contributed by atoms with Crippen molar-refractivity contribution in [2.75, 3.05) is 13.2 Å². The lowest BCUT2D eigenvalue weighted by Crippen LogP contribution is -2.06. The minimum atomic E-state index is -0.290. The first kappa shape index (κ1) is 23.4. The van der Waals surface area contributed by atoms with Gasteiger partial charge in [0, 0.05) is 6.92 Å². The maximum absolute atomic E-state index is 11.9. The first-order valence-electron chi connectivity index (χ1n) is 9.71. The van der Waals surface area contributed by atoms with Crippen LogP contribution in [-0.4, -0.2) is 25.2 Å². The largest absolute Gasteiger partial charge is 0.462 e. The molecule has 0 atom stereocenters. The second kappa shape index (κ2) is 13.5. The van der Waals surface area contributed by atoms with E-state index in [1.807, 2.05) is 31.2 Å². The van der Waals surface area contributed by atoms with Crippen molar-refractivity contribution >= 4 is 11.9 Å². The van der Waals surface area contributed by atoms with Crippen molar-refractivity contribution in [3.63, 3.8) is 0 Å². The maximum Gasteiger partial charge on any atom is 0.338 e. The molecule has 0 fully saturated rings. The second-order valence-corrected chi connectivity index (χ2v) is 6.97. The van der Waals surface area contributed by atoms with E-state index in [0.29, 0.717) is 18.8 Å². The van der Waals surface area contributed by atoms with Crippen LogP contribution < -0.4 is 0 Å². The lowest BCUT2D eigenvalue weighted by molar-refractivity contribution is -0.139. The predicted octanol–water partition coefficient (Wildman–Crippen LogP) is 5.81. The highest BCUT2D eigenvalue weighted by molar-refractivity contribution is 5.89. The highest BCUT2D eigenvalue weighted by Crippen LogP contribution is 2.12. The summed E-state index contributed by atoms with van der Waals surface area (Å²) in [7, 11) is 0. The van der Waals surface area contributed by atoms with Crippen LogP contribution in [-0.2, 0) is 14.3 Å². The summed E-state index contributed by atoms with van der Waals surface area (Å²) in [6, 6.07) is 9.03. The molecule has 1 aromatic carbocycles. The normalized spacial score (nSPS) is 12.6. The van der Waals surface area contributed by atoms with Crippen LogP contribution in [0.2, 0.25) is 0 Å². The minimum absolute atomic E-state index is 0.252. The maximum atomic E-state index is 11.9. The monoisotopic (exact) mass is 384 g/mol. The van der Waals surface area contributed by atoms with Crippen molar-refractivity contribution in [1.29, 1.82) is 0 Å². The van der Waals surface area contributed by atoms with E-state index in [1.165, 1.54) is 18.1 Å². The number of allylic oxidation sites excluding steroid dienone is 4. The molecule has 152 valence electrons. The van der Waals surface area contributed by atoms with Crippen molar-refractivity contribution in [2.24, 2.45) is 0 Å². The van der Waals surface area contributed by atoms with Gasteiger partial charge in [0.05, 0.1) is 5.56 Å². The Morgan fingerprint density at radius 1 is 0.786 bits per heavy atom. The molecule has 0 aliphatic rings. The average molecular weight is 385 g/mol. The Bertz CT molecular complexity index is 711. The van der Waals surface area contributed by atoms with Gasteiger partial charge in [0.25, 0.3) is 0 Å². The third kappa shape index (κ3) is 11.2. The van der Waals surface area contributed by atoms with E-state index >= 15 is 0 Å². The van der Waals surface area contributed by atoms with E-state index in [9.17, 15) is 9.59 Å². The fourth-order valence-electron chi connectivity index (χ4n) is 2.49. The minimum Gasteiger partial charge on any atom is -0.462 e. The zero-order valence-corrected chi connectivity index (χ0v) is 17.5. The smallest absolute Gasteiger partial charge is 0.338 e. The summed E-state index contributed by atoms with van der Waals surface area (Å²) in [4.78, 5) is 22.6. The number of esters is 2. The van der Waals surface area contributed by atoms with Gasteiger partial charge >= 0.3 is 11.9 Å². The van der Waals surface area contributed by atoms with Crippen LogP contribution in [0.3, 0.4) is 0 Å². The summed E-state index contributed by atoms with van der Waals surface area (Å²) in [5.74, 6) is -0.542. The van der Waals surface area contributed by atoms with Crippen LogP contribution in [0, 0.1) is 0 Å². The highest BCUT2D eigenvalue weighted by Gasteiger charge is 2.05. The predicted molar refractivity (Wildman–Crippen MR) is 113 cm³/mol. The number of benzene rings is 1. The molecule has 0 unspecified atom stereocenters. The fraction of sp³-hybridized carbons (Fsp3) is 0.417. The van der Waals surface area contributed by atoms with Gasteiger partial charge in [0.2, 0.25) is 0 Å². The van der Waals surface area contributed by atoms with Gasteiger partial charge in [-0.05, 0) is 70.2 Å². The van der Waals surface area contributed by atoms with Crippen molar-refractivity contribution in [2.45, 2.75) is 53.4 Å². The molecule has 0 radical (unpaired) electrons. The summed E-state index contributed by atoms with van der Waals surface area (Å²) in [6.45, 7) is 8.25. The molecule has 0 amide bonds. The Balaban J connectivity index is 2.26. The van der Waals surface area contributed by atoms with Crippen molar-refractivity contribution in [3.05, 3.63) is 70.8 Å². The van der Waals surface area contributed by atoms with Gasteiger partial charge in [-0.15, -0.1) is 0 Å². The molecule has 4 heteroatoms. The highest BCUT2D eigenvalue weighted by atomic mass is 16.5. The molecule has 0 aliphatic carbocycles. The SMILES string of the molecule is CC(=O)OCC=C(C)CCC=C(C)CCC=C(C)COC(=O)c1ccccc1. The Morgan fingerprint density at radius 3 is 1.96 bits per heavy atom. The van der Waals surface area contributed by atoms with Gasteiger partial charge in [-0.2, -0.15) is 0 Å². The summed E-state index contributed by atoms with van der Waals surface area (Å²) in [5, 5.41) is 0. The quantitative estimate of drug-likeness (QED) is 0.357. The molecule has 0 aliphatic heterocycles. The molecule has 0 bridgehead atoms. The number of carbonyl (C=O) groups excluding carboxylic acids is 2. The van der Waals surface area contributed by atoms with Crippen LogP contribution in [0.5, 0.6) is 0 Å². The molecule has 0 aromatic heterocycles. The summed E-state index contributed by atoms with van der Waals surface area (Å²) < 4.78 is 10.2. The standard InChI is InChI=1S/C24H32O4/c1-19(10-8-12-20(2)16-17-27-22(4)25)11-9-13-21(3)18-28-24(26)23-14-6-5-7-15-23/h5-7,10,13-16H,8-9,11-12,17-18H2,1-4H3. The third-order valence-electron chi connectivity index (χ3n) is 4.22. The van der Waals surface area contributed by atoms with Crippen molar-refractivity contribution in [3.8, 4) is 0 Å². The van der Waals surface area contributed by atoms with E-state index in [2.05, 4.69) is 26.0 Å². The van der Waals surface area contributed by atoms with Crippen molar-refractivity contribution in [1.82, 2.24) is 0 Å². The molecule has 1 aromatic rings. The second-order valence-electron chi connectivity index (χ2n) is 6.97. The molecule has 0 saturated heterocycles. The van der Waals surface area contributed by atoms with Crippen LogP contribution >= 0.6 is 0 Å². The van der Waals surface area contributed by atoms with Crippen LogP contribution in [0.4, 0.5) is 0 Å². The Kier molecular flexibility index (Phi) is 11.3. The molecule has 0 heterocycles. The lowest BCUT2D eigenvalue weighted by atomic mass is 10.1. The summed E-state index contributed by atoms with van der Waals surface area (Å²) >= 11 is 0. The van der Waals surface area contributed by atoms with E-state index in [1.54, 1.807) is 12.1 Å². The van der Waals surface area contributed by atoms with Gasteiger partial charge < -0.3 is 9.47 Å².